The van der Waals surface area contributed by atoms with Crippen LogP contribution in [0.25, 0.3) is 0 Å². The van der Waals surface area contributed by atoms with Crippen molar-refractivity contribution in [1.29, 1.82) is 0 Å². The molecule has 1 unspecified atom stereocenters. The molecular formula is C16H27N3O. The van der Waals surface area contributed by atoms with Crippen LogP contribution in [0.15, 0.2) is 0 Å². The molecule has 0 spiro atoms. The van der Waals surface area contributed by atoms with E-state index >= 15 is 0 Å². The third-order valence-electron chi connectivity index (χ3n) is 3.73. The van der Waals surface area contributed by atoms with E-state index in [-0.39, 0.29) is 6.10 Å². The Balaban J connectivity index is 2.40. The van der Waals surface area contributed by atoms with Crippen molar-refractivity contribution in [2.45, 2.75) is 59.6 Å². The summed E-state index contributed by atoms with van der Waals surface area (Å²) < 4.78 is 5.87. The Morgan fingerprint density at radius 3 is 2.70 bits per heavy atom. The predicted molar refractivity (Wildman–Crippen MR) is 80.6 cm³/mol. The van der Waals surface area contributed by atoms with E-state index in [1.165, 1.54) is 17.0 Å². The van der Waals surface area contributed by atoms with Gasteiger partial charge in [-0.1, -0.05) is 27.2 Å². The zero-order chi connectivity index (χ0) is 14.5. The van der Waals surface area contributed by atoms with Crippen molar-refractivity contribution in [3.63, 3.8) is 0 Å². The maximum Gasteiger partial charge on any atom is 0.157 e. The van der Waals surface area contributed by atoms with Gasteiger partial charge in [-0.2, -0.15) is 0 Å². The minimum absolute atomic E-state index is 0.00999. The topological polar surface area (TPSA) is 47.0 Å². The van der Waals surface area contributed by atoms with Crippen molar-refractivity contribution in [2.75, 3.05) is 13.2 Å². The van der Waals surface area contributed by atoms with Crippen LogP contribution in [0.4, 0.5) is 0 Å². The number of rotatable bonds is 6. The number of aryl methyl sites for hydroxylation is 1. The fraction of sp³-hybridized carbons (Fsp3) is 0.750. The molecule has 1 N–H and O–H groups in total. The van der Waals surface area contributed by atoms with E-state index in [0.29, 0.717) is 12.5 Å². The van der Waals surface area contributed by atoms with E-state index in [9.17, 15) is 0 Å². The highest BCUT2D eigenvalue weighted by Gasteiger charge is 2.23. The van der Waals surface area contributed by atoms with Crippen LogP contribution in [-0.2, 0) is 24.1 Å². The van der Waals surface area contributed by atoms with Crippen molar-refractivity contribution in [2.24, 2.45) is 5.92 Å². The Kier molecular flexibility index (Phi) is 5.49. The molecule has 0 aliphatic carbocycles. The normalized spacial score (nSPS) is 16.2. The van der Waals surface area contributed by atoms with Crippen LogP contribution in [0.5, 0.6) is 0 Å². The number of hydrogen-bond acceptors (Lipinski definition) is 4. The lowest BCUT2D eigenvalue weighted by Gasteiger charge is -2.24. The number of ether oxygens (including phenoxy) is 1. The van der Waals surface area contributed by atoms with Crippen LogP contribution in [0.1, 0.15) is 63.0 Å². The lowest BCUT2D eigenvalue weighted by Crippen LogP contribution is -2.28. The summed E-state index contributed by atoms with van der Waals surface area (Å²) in [5.74, 6) is 1.27. The van der Waals surface area contributed by atoms with Gasteiger partial charge in [0.15, 0.2) is 5.82 Å². The maximum absolute atomic E-state index is 5.87. The molecule has 2 rings (SSSR count). The first kappa shape index (κ1) is 15.4. The van der Waals surface area contributed by atoms with Crippen LogP contribution in [0.2, 0.25) is 0 Å². The molecular weight excluding hydrogens is 250 g/mol. The van der Waals surface area contributed by atoms with Gasteiger partial charge in [-0.25, -0.2) is 9.97 Å². The largest absolute Gasteiger partial charge is 0.370 e. The van der Waals surface area contributed by atoms with Gasteiger partial charge in [0.25, 0.3) is 0 Å². The summed E-state index contributed by atoms with van der Waals surface area (Å²) in [4.78, 5) is 9.66. The monoisotopic (exact) mass is 277 g/mol. The number of nitrogens with one attached hydrogen (secondary N) is 1. The Morgan fingerprint density at radius 1 is 1.25 bits per heavy atom. The van der Waals surface area contributed by atoms with Crippen LogP contribution in [0.3, 0.4) is 0 Å². The quantitative estimate of drug-likeness (QED) is 0.868. The predicted octanol–water partition coefficient (Wildman–Crippen LogP) is 2.81. The molecule has 0 radical (unpaired) electrons. The summed E-state index contributed by atoms with van der Waals surface area (Å²) in [6.45, 7) is 11.2. The highest BCUT2D eigenvalue weighted by molar-refractivity contribution is 5.29. The number of fused-ring (bicyclic) bond motifs is 1. The third-order valence-corrected chi connectivity index (χ3v) is 3.73. The van der Waals surface area contributed by atoms with Crippen LogP contribution < -0.4 is 5.32 Å². The molecule has 1 aromatic rings. The number of aromatic nitrogens is 2. The second-order valence-electron chi connectivity index (χ2n) is 5.75. The smallest absolute Gasteiger partial charge is 0.157 e. The van der Waals surface area contributed by atoms with Crippen LogP contribution in [0, 0.1) is 5.92 Å². The molecule has 4 heteroatoms. The zero-order valence-electron chi connectivity index (χ0n) is 13.2. The first-order valence-electron chi connectivity index (χ1n) is 7.88. The van der Waals surface area contributed by atoms with Crippen LogP contribution in [-0.4, -0.2) is 23.1 Å². The van der Waals surface area contributed by atoms with Gasteiger partial charge in [-0.05, 0) is 19.3 Å². The molecule has 0 aromatic carbocycles. The maximum atomic E-state index is 5.87. The molecule has 112 valence electrons. The van der Waals surface area contributed by atoms with Gasteiger partial charge in [0.1, 0.15) is 6.10 Å². The minimum atomic E-state index is 0.00999. The second-order valence-corrected chi connectivity index (χ2v) is 5.75. The molecule has 1 aliphatic rings. The first-order valence-corrected chi connectivity index (χ1v) is 7.88. The number of hydrogen-bond donors (Lipinski definition) is 1. The standard InChI is InChI=1S/C16H27N3O/c1-5-7-13-12-10-17-9-8-14(12)19-16(18-13)15(11(3)4)20-6-2/h11,15,17H,5-10H2,1-4H3. The van der Waals surface area contributed by atoms with E-state index in [2.05, 4.69) is 26.1 Å². The summed E-state index contributed by atoms with van der Waals surface area (Å²) in [5.41, 5.74) is 3.76. The molecule has 0 saturated heterocycles. The van der Waals surface area contributed by atoms with E-state index < -0.39 is 0 Å². The fourth-order valence-electron chi connectivity index (χ4n) is 2.75. The molecule has 1 aliphatic heterocycles. The zero-order valence-corrected chi connectivity index (χ0v) is 13.2. The van der Waals surface area contributed by atoms with E-state index in [4.69, 9.17) is 14.7 Å². The second kappa shape index (κ2) is 7.14. The first-order chi connectivity index (χ1) is 9.67. The summed E-state index contributed by atoms with van der Waals surface area (Å²) in [7, 11) is 0. The van der Waals surface area contributed by atoms with E-state index in [0.717, 1.165) is 38.2 Å². The molecule has 0 saturated carbocycles. The van der Waals surface area contributed by atoms with Gasteiger partial charge < -0.3 is 10.1 Å². The van der Waals surface area contributed by atoms with Gasteiger partial charge in [0.2, 0.25) is 0 Å². The van der Waals surface area contributed by atoms with Gasteiger partial charge in [0.05, 0.1) is 5.69 Å². The van der Waals surface area contributed by atoms with Crippen molar-refractivity contribution < 1.29 is 4.74 Å². The fourth-order valence-corrected chi connectivity index (χ4v) is 2.75. The molecule has 4 nitrogen and oxygen atoms in total. The highest BCUT2D eigenvalue weighted by Crippen LogP contribution is 2.26. The molecule has 0 bridgehead atoms. The molecule has 0 amide bonds. The molecule has 1 atom stereocenters. The lowest BCUT2D eigenvalue weighted by molar-refractivity contribution is 0.0228. The van der Waals surface area contributed by atoms with Crippen molar-refractivity contribution in [1.82, 2.24) is 15.3 Å². The summed E-state index contributed by atoms with van der Waals surface area (Å²) >= 11 is 0. The molecule has 0 fully saturated rings. The van der Waals surface area contributed by atoms with Crippen molar-refractivity contribution in [3.8, 4) is 0 Å². The summed E-state index contributed by atoms with van der Waals surface area (Å²) in [6, 6.07) is 0. The third kappa shape index (κ3) is 3.36. The van der Waals surface area contributed by atoms with Crippen LogP contribution >= 0.6 is 0 Å². The minimum Gasteiger partial charge on any atom is -0.370 e. The molecule has 20 heavy (non-hydrogen) atoms. The van der Waals surface area contributed by atoms with Crippen molar-refractivity contribution >= 4 is 0 Å². The van der Waals surface area contributed by atoms with Crippen molar-refractivity contribution in [3.05, 3.63) is 22.8 Å². The average molecular weight is 277 g/mol. The Morgan fingerprint density at radius 2 is 2.05 bits per heavy atom. The Bertz CT molecular complexity index is 446. The number of nitrogens with zero attached hydrogens (tertiary/aromatic N) is 2. The highest BCUT2D eigenvalue weighted by atomic mass is 16.5. The van der Waals surface area contributed by atoms with Gasteiger partial charge in [-0.15, -0.1) is 0 Å². The summed E-state index contributed by atoms with van der Waals surface area (Å²) in [5, 5.41) is 3.43. The van der Waals surface area contributed by atoms with Gasteiger partial charge in [0, 0.05) is 37.4 Å². The van der Waals surface area contributed by atoms with E-state index in [1.54, 1.807) is 0 Å². The molecule has 2 heterocycles. The lowest BCUT2D eigenvalue weighted by atomic mass is 10.0. The Hall–Kier alpha value is -1.00. The van der Waals surface area contributed by atoms with Gasteiger partial charge >= 0.3 is 0 Å². The average Bonchev–Trinajstić information content (AvgIpc) is 2.44. The van der Waals surface area contributed by atoms with Gasteiger partial charge in [-0.3, -0.25) is 0 Å². The summed E-state index contributed by atoms with van der Waals surface area (Å²) in [6.07, 6.45) is 3.15. The Labute approximate surface area is 122 Å². The van der Waals surface area contributed by atoms with E-state index in [1.807, 2.05) is 6.92 Å². The molecule has 1 aromatic heterocycles. The SMILES string of the molecule is CCCc1nc(C(OCC)C(C)C)nc2c1CNCC2.